The Morgan fingerprint density at radius 2 is 2.19 bits per heavy atom. The van der Waals surface area contributed by atoms with Gasteiger partial charge in [0.15, 0.2) is 0 Å². The lowest BCUT2D eigenvalue weighted by Gasteiger charge is -2.17. The van der Waals surface area contributed by atoms with E-state index in [1.54, 1.807) is 0 Å². The molecule has 4 heteroatoms. The maximum absolute atomic E-state index is 5.68. The van der Waals surface area contributed by atoms with E-state index in [9.17, 15) is 0 Å². The molecule has 88 valence electrons. The first-order valence-electron chi connectivity index (χ1n) is 5.29. The van der Waals surface area contributed by atoms with E-state index in [1.807, 2.05) is 36.0 Å². The molecule has 16 heavy (non-hydrogen) atoms. The maximum atomic E-state index is 5.68. The molecule has 0 aliphatic carbocycles. The van der Waals surface area contributed by atoms with Crippen molar-refractivity contribution in [1.29, 1.82) is 0 Å². The molecule has 0 saturated heterocycles. The van der Waals surface area contributed by atoms with Crippen LogP contribution >= 0.6 is 24.0 Å². The van der Waals surface area contributed by atoms with Gasteiger partial charge in [-0.2, -0.15) is 11.8 Å². The summed E-state index contributed by atoms with van der Waals surface area (Å²) in [5.41, 5.74) is 7.63. The molecule has 1 atom stereocenters. The number of hydrogen-bond acceptors (Lipinski definition) is 3. The third kappa shape index (κ3) is 4.02. The largest absolute Gasteiger partial charge is 0.389 e. The Morgan fingerprint density at radius 3 is 2.81 bits per heavy atom. The standard InChI is InChI=1S/C12H18N2S2/c1-9(7-8-16-2)14-11-6-4-3-5-10(11)12(13)15/h3-6,9,14H,7-8H2,1-2H3,(H2,13,15). The van der Waals surface area contributed by atoms with Crippen LogP contribution < -0.4 is 11.1 Å². The van der Waals surface area contributed by atoms with Crippen molar-refractivity contribution in [2.75, 3.05) is 17.3 Å². The van der Waals surface area contributed by atoms with Gasteiger partial charge in [0.1, 0.15) is 4.99 Å². The fourth-order valence-electron chi connectivity index (χ4n) is 1.46. The zero-order valence-electron chi connectivity index (χ0n) is 9.69. The fourth-order valence-corrected chi connectivity index (χ4v) is 2.22. The first-order chi connectivity index (χ1) is 7.65. The summed E-state index contributed by atoms with van der Waals surface area (Å²) >= 11 is 6.88. The second-order valence-electron chi connectivity index (χ2n) is 3.74. The summed E-state index contributed by atoms with van der Waals surface area (Å²) in [5.74, 6) is 1.16. The Labute approximate surface area is 107 Å². The predicted octanol–water partition coefficient (Wildman–Crippen LogP) is 2.87. The molecule has 1 unspecified atom stereocenters. The predicted molar refractivity (Wildman–Crippen MR) is 78.4 cm³/mol. The van der Waals surface area contributed by atoms with Crippen molar-refractivity contribution in [3.05, 3.63) is 29.8 Å². The van der Waals surface area contributed by atoms with E-state index in [1.165, 1.54) is 0 Å². The van der Waals surface area contributed by atoms with Gasteiger partial charge in [-0.3, -0.25) is 0 Å². The van der Waals surface area contributed by atoms with E-state index in [0.717, 1.165) is 23.4 Å². The number of anilines is 1. The van der Waals surface area contributed by atoms with E-state index < -0.39 is 0 Å². The van der Waals surface area contributed by atoms with Crippen LogP contribution in [0, 0.1) is 0 Å². The monoisotopic (exact) mass is 254 g/mol. The summed E-state index contributed by atoms with van der Waals surface area (Å²) in [6.45, 7) is 2.17. The lowest BCUT2D eigenvalue weighted by molar-refractivity contribution is 0.772. The summed E-state index contributed by atoms with van der Waals surface area (Å²) in [6, 6.07) is 8.34. The van der Waals surface area contributed by atoms with Gasteiger partial charge in [-0.15, -0.1) is 0 Å². The van der Waals surface area contributed by atoms with Crippen molar-refractivity contribution < 1.29 is 0 Å². The zero-order chi connectivity index (χ0) is 12.0. The van der Waals surface area contributed by atoms with Crippen LogP contribution in [0.3, 0.4) is 0 Å². The third-order valence-electron chi connectivity index (χ3n) is 2.35. The van der Waals surface area contributed by atoms with Gasteiger partial charge in [0.2, 0.25) is 0 Å². The molecular formula is C12H18N2S2. The SMILES string of the molecule is CSCCC(C)Nc1ccccc1C(N)=S. The summed E-state index contributed by atoms with van der Waals surface area (Å²) in [6.07, 6.45) is 3.25. The third-order valence-corrected chi connectivity index (χ3v) is 3.21. The van der Waals surface area contributed by atoms with Gasteiger partial charge >= 0.3 is 0 Å². The van der Waals surface area contributed by atoms with Crippen molar-refractivity contribution in [3.63, 3.8) is 0 Å². The van der Waals surface area contributed by atoms with Crippen LogP contribution in [0.15, 0.2) is 24.3 Å². The molecule has 0 bridgehead atoms. The molecule has 0 aromatic heterocycles. The molecule has 0 fully saturated rings. The van der Waals surface area contributed by atoms with Crippen LogP contribution in [0.1, 0.15) is 18.9 Å². The molecule has 3 N–H and O–H groups in total. The summed E-state index contributed by atoms with van der Waals surface area (Å²) < 4.78 is 0. The highest BCUT2D eigenvalue weighted by Crippen LogP contribution is 2.17. The number of para-hydroxylation sites is 1. The van der Waals surface area contributed by atoms with Crippen LogP contribution in [0.5, 0.6) is 0 Å². The molecule has 1 aromatic rings. The van der Waals surface area contributed by atoms with Gasteiger partial charge in [-0.25, -0.2) is 0 Å². The number of thiocarbonyl (C=S) groups is 1. The highest BCUT2D eigenvalue weighted by molar-refractivity contribution is 7.98. The molecule has 2 nitrogen and oxygen atoms in total. The first-order valence-corrected chi connectivity index (χ1v) is 7.09. The fraction of sp³-hybridized carbons (Fsp3) is 0.417. The smallest absolute Gasteiger partial charge is 0.106 e. The minimum absolute atomic E-state index is 0.433. The summed E-state index contributed by atoms with van der Waals surface area (Å²) in [4.78, 5) is 0.445. The van der Waals surface area contributed by atoms with Crippen LogP contribution in [-0.2, 0) is 0 Å². The maximum Gasteiger partial charge on any atom is 0.106 e. The highest BCUT2D eigenvalue weighted by atomic mass is 32.2. The molecule has 0 aliphatic rings. The van der Waals surface area contributed by atoms with Crippen molar-refractivity contribution in [3.8, 4) is 0 Å². The quantitative estimate of drug-likeness (QED) is 0.766. The lowest BCUT2D eigenvalue weighted by Crippen LogP contribution is -2.19. The molecule has 0 aliphatic heterocycles. The van der Waals surface area contributed by atoms with Gasteiger partial charge in [0, 0.05) is 17.3 Å². The van der Waals surface area contributed by atoms with Gasteiger partial charge in [0.25, 0.3) is 0 Å². The Bertz CT molecular complexity index is 353. The molecule has 1 aromatic carbocycles. The molecule has 0 spiro atoms. The molecule has 1 rings (SSSR count). The minimum atomic E-state index is 0.433. The Morgan fingerprint density at radius 1 is 1.50 bits per heavy atom. The highest BCUT2D eigenvalue weighted by Gasteiger charge is 2.07. The molecule has 0 heterocycles. The van der Waals surface area contributed by atoms with E-state index in [2.05, 4.69) is 18.5 Å². The molecule has 0 amide bonds. The van der Waals surface area contributed by atoms with Gasteiger partial charge < -0.3 is 11.1 Å². The van der Waals surface area contributed by atoms with E-state index >= 15 is 0 Å². The number of nitrogens with one attached hydrogen (secondary N) is 1. The number of hydrogen-bond donors (Lipinski definition) is 2. The van der Waals surface area contributed by atoms with Gasteiger partial charge in [-0.1, -0.05) is 24.4 Å². The number of rotatable bonds is 6. The number of thioether (sulfide) groups is 1. The van der Waals surface area contributed by atoms with E-state index in [0.29, 0.717) is 11.0 Å². The summed E-state index contributed by atoms with van der Waals surface area (Å²) in [5, 5.41) is 3.45. The minimum Gasteiger partial charge on any atom is -0.389 e. The second-order valence-corrected chi connectivity index (χ2v) is 5.16. The first kappa shape index (κ1) is 13.3. The average molecular weight is 254 g/mol. The second kappa shape index (κ2) is 6.76. The Kier molecular flexibility index (Phi) is 5.63. The van der Waals surface area contributed by atoms with Crippen LogP contribution in [-0.4, -0.2) is 23.0 Å². The van der Waals surface area contributed by atoms with E-state index in [-0.39, 0.29) is 0 Å². The average Bonchev–Trinajstić information content (AvgIpc) is 2.27. The topological polar surface area (TPSA) is 38.0 Å². The van der Waals surface area contributed by atoms with Crippen LogP contribution in [0.25, 0.3) is 0 Å². The molecule has 0 saturated carbocycles. The van der Waals surface area contributed by atoms with Crippen molar-refractivity contribution in [1.82, 2.24) is 0 Å². The van der Waals surface area contributed by atoms with Crippen LogP contribution in [0.2, 0.25) is 0 Å². The summed E-state index contributed by atoms with van der Waals surface area (Å²) in [7, 11) is 0. The van der Waals surface area contributed by atoms with Crippen molar-refractivity contribution in [2.24, 2.45) is 5.73 Å². The Hall–Kier alpha value is -0.740. The van der Waals surface area contributed by atoms with E-state index in [4.69, 9.17) is 18.0 Å². The number of benzene rings is 1. The molecular weight excluding hydrogens is 236 g/mol. The normalized spacial score (nSPS) is 12.1. The lowest BCUT2D eigenvalue weighted by atomic mass is 10.1. The van der Waals surface area contributed by atoms with Gasteiger partial charge in [0.05, 0.1) is 0 Å². The number of nitrogens with two attached hydrogens (primary N) is 1. The Balaban J connectivity index is 2.69. The van der Waals surface area contributed by atoms with Gasteiger partial charge in [-0.05, 0) is 37.5 Å². The zero-order valence-corrected chi connectivity index (χ0v) is 11.3. The molecule has 0 radical (unpaired) electrons. The van der Waals surface area contributed by atoms with Crippen LogP contribution in [0.4, 0.5) is 5.69 Å². The van der Waals surface area contributed by atoms with Crippen molar-refractivity contribution in [2.45, 2.75) is 19.4 Å². The van der Waals surface area contributed by atoms with Crippen molar-refractivity contribution >= 4 is 34.7 Å².